The highest BCUT2D eigenvalue weighted by molar-refractivity contribution is 7.10. The molecule has 0 bridgehead atoms. The normalized spacial score (nSPS) is 14.1. The lowest BCUT2D eigenvalue weighted by Gasteiger charge is -2.14. The first-order valence-electron chi connectivity index (χ1n) is 6.56. The van der Waals surface area contributed by atoms with Crippen molar-refractivity contribution in [2.24, 2.45) is 0 Å². The highest BCUT2D eigenvalue weighted by Crippen LogP contribution is 2.35. The Morgan fingerprint density at radius 2 is 1.79 bits per heavy atom. The Hall–Kier alpha value is -1.32. The van der Waals surface area contributed by atoms with Crippen molar-refractivity contribution in [3.8, 4) is 5.75 Å². The first-order chi connectivity index (χ1) is 9.17. The van der Waals surface area contributed by atoms with Crippen molar-refractivity contribution < 1.29 is 9.84 Å². The molecule has 0 fully saturated rings. The lowest BCUT2D eigenvalue weighted by molar-refractivity contribution is 0.219. The van der Waals surface area contributed by atoms with Crippen molar-refractivity contribution >= 4 is 11.3 Å². The van der Waals surface area contributed by atoms with E-state index in [-0.39, 0.29) is 0 Å². The Balaban J connectivity index is 2.22. The Kier molecular flexibility index (Phi) is 4.61. The van der Waals surface area contributed by atoms with Crippen LogP contribution in [-0.4, -0.2) is 12.2 Å². The van der Waals surface area contributed by atoms with Gasteiger partial charge in [0.2, 0.25) is 0 Å². The Morgan fingerprint density at radius 3 is 2.37 bits per heavy atom. The van der Waals surface area contributed by atoms with Gasteiger partial charge in [-0.3, -0.25) is 0 Å². The summed E-state index contributed by atoms with van der Waals surface area (Å²) < 4.78 is 5.26. The molecule has 3 heteroatoms. The van der Waals surface area contributed by atoms with E-state index in [1.165, 1.54) is 16.9 Å². The van der Waals surface area contributed by atoms with Gasteiger partial charge in [0.05, 0.1) is 12.0 Å². The minimum Gasteiger partial charge on any atom is -0.495 e. The van der Waals surface area contributed by atoms with Gasteiger partial charge in [-0.15, -0.1) is 11.3 Å². The zero-order valence-electron chi connectivity index (χ0n) is 11.6. The number of hydrogen-bond donors (Lipinski definition) is 1. The molecule has 0 amide bonds. The highest BCUT2D eigenvalue weighted by Gasteiger charge is 2.17. The van der Waals surface area contributed by atoms with E-state index in [0.29, 0.717) is 5.92 Å². The number of rotatable bonds is 5. The van der Waals surface area contributed by atoms with Crippen LogP contribution in [0, 0.1) is 0 Å². The van der Waals surface area contributed by atoms with Crippen molar-refractivity contribution in [3.63, 3.8) is 0 Å². The van der Waals surface area contributed by atoms with Crippen LogP contribution >= 0.6 is 11.3 Å². The first-order valence-corrected chi connectivity index (χ1v) is 7.44. The van der Waals surface area contributed by atoms with Gasteiger partial charge in [0.15, 0.2) is 0 Å². The summed E-state index contributed by atoms with van der Waals surface area (Å²) in [4.78, 5) is 0.860. The van der Waals surface area contributed by atoms with Crippen LogP contribution in [0.4, 0.5) is 0 Å². The van der Waals surface area contributed by atoms with Crippen molar-refractivity contribution in [1.29, 1.82) is 0 Å². The number of ether oxygens (including phenoxy) is 1. The average Bonchev–Trinajstić information content (AvgIpc) is 2.94. The molecule has 1 aromatic heterocycles. The summed E-state index contributed by atoms with van der Waals surface area (Å²) in [5.74, 6) is 1.31. The van der Waals surface area contributed by atoms with Gasteiger partial charge >= 0.3 is 0 Å². The molecule has 0 radical (unpaired) electrons. The van der Waals surface area contributed by atoms with E-state index in [2.05, 4.69) is 26.0 Å². The molecule has 2 atom stereocenters. The van der Waals surface area contributed by atoms with Crippen LogP contribution < -0.4 is 4.74 Å². The molecule has 0 spiro atoms. The number of benzene rings is 1. The minimum absolute atomic E-state index is 0.558. The second kappa shape index (κ2) is 6.22. The van der Waals surface area contributed by atoms with Gasteiger partial charge in [0.25, 0.3) is 0 Å². The molecule has 0 saturated carbocycles. The zero-order valence-corrected chi connectivity index (χ0v) is 12.4. The molecular weight excluding hydrogens is 256 g/mol. The van der Waals surface area contributed by atoms with Gasteiger partial charge < -0.3 is 9.84 Å². The summed E-state index contributed by atoms with van der Waals surface area (Å²) in [6, 6.07) is 10.1. The van der Waals surface area contributed by atoms with Crippen LogP contribution in [0.25, 0.3) is 0 Å². The predicted molar refractivity (Wildman–Crippen MR) is 80.1 cm³/mol. The third-order valence-corrected chi connectivity index (χ3v) is 4.51. The Morgan fingerprint density at radius 1 is 1.16 bits per heavy atom. The number of aliphatic hydroxyl groups is 1. The van der Waals surface area contributed by atoms with Gasteiger partial charge in [0, 0.05) is 0 Å². The SMILES string of the molecule is CCC(C)c1ccc(C(O)c2sccc2OC)cc1. The number of thiophene rings is 1. The summed E-state index contributed by atoms with van der Waals surface area (Å²) >= 11 is 1.52. The molecule has 2 nitrogen and oxygen atoms in total. The molecule has 2 aromatic rings. The molecule has 1 aromatic carbocycles. The molecule has 19 heavy (non-hydrogen) atoms. The van der Waals surface area contributed by atoms with E-state index >= 15 is 0 Å². The van der Waals surface area contributed by atoms with E-state index in [1.807, 2.05) is 23.6 Å². The maximum absolute atomic E-state index is 10.4. The summed E-state index contributed by atoms with van der Waals surface area (Å²) in [7, 11) is 1.63. The minimum atomic E-state index is -0.610. The average molecular weight is 276 g/mol. The zero-order chi connectivity index (χ0) is 13.8. The summed E-state index contributed by atoms with van der Waals surface area (Å²) in [5, 5.41) is 12.3. The maximum Gasteiger partial charge on any atom is 0.135 e. The van der Waals surface area contributed by atoms with Gasteiger partial charge in [-0.2, -0.15) is 0 Å². The van der Waals surface area contributed by atoms with Crippen molar-refractivity contribution in [1.82, 2.24) is 0 Å². The molecule has 0 aliphatic carbocycles. The molecule has 2 unspecified atom stereocenters. The fourth-order valence-corrected chi connectivity index (χ4v) is 2.94. The lowest BCUT2D eigenvalue weighted by Crippen LogP contribution is -2.00. The second-order valence-electron chi connectivity index (χ2n) is 4.73. The van der Waals surface area contributed by atoms with Crippen LogP contribution in [-0.2, 0) is 0 Å². The number of methoxy groups -OCH3 is 1. The first kappa shape index (κ1) is 14.1. The Labute approximate surface area is 118 Å². The molecule has 1 heterocycles. The van der Waals surface area contributed by atoms with Crippen LogP contribution in [0.1, 0.15) is 48.3 Å². The van der Waals surface area contributed by atoms with E-state index in [4.69, 9.17) is 4.74 Å². The standard InChI is InChI=1S/C16H20O2S/c1-4-11(2)12-5-7-13(8-6-12)15(17)16-14(18-3)9-10-19-16/h5-11,15,17H,4H2,1-3H3. The van der Waals surface area contributed by atoms with Crippen molar-refractivity contribution in [3.05, 3.63) is 51.7 Å². The van der Waals surface area contributed by atoms with Crippen LogP contribution in [0.15, 0.2) is 35.7 Å². The van der Waals surface area contributed by atoms with Gasteiger partial charge in [0.1, 0.15) is 11.9 Å². The summed E-state index contributed by atoms with van der Waals surface area (Å²) in [5.41, 5.74) is 2.23. The molecular formula is C16H20O2S. The molecule has 2 rings (SSSR count). The fraction of sp³-hybridized carbons (Fsp3) is 0.375. The van der Waals surface area contributed by atoms with E-state index in [1.54, 1.807) is 7.11 Å². The quantitative estimate of drug-likeness (QED) is 0.879. The predicted octanol–water partition coefficient (Wildman–Crippen LogP) is 4.35. The molecule has 0 aliphatic heterocycles. The van der Waals surface area contributed by atoms with E-state index in [0.717, 1.165) is 22.6 Å². The highest BCUT2D eigenvalue weighted by atomic mass is 32.1. The van der Waals surface area contributed by atoms with Crippen molar-refractivity contribution in [2.45, 2.75) is 32.3 Å². The largest absolute Gasteiger partial charge is 0.495 e. The monoisotopic (exact) mass is 276 g/mol. The number of hydrogen-bond acceptors (Lipinski definition) is 3. The van der Waals surface area contributed by atoms with E-state index < -0.39 is 6.10 Å². The lowest BCUT2D eigenvalue weighted by atomic mass is 9.96. The topological polar surface area (TPSA) is 29.5 Å². The van der Waals surface area contributed by atoms with Gasteiger partial charge in [-0.25, -0.2) is 0 Å². The van der Waals surface area contributed by atoms with Gasteiger partial charge in [-0.1, -0.05) is 38.1 Å². The molecule has 102 valence electrons. The smallest absolute Gasteiger partial charge is 0.135 e. The number of aliphatic hydroxyl groups excluding tert-OH is 1. The molecule has 1 N–H and O–H groups in total. The summed E-state index contributed by atoms with van der Waals surface area (Å²) in [6.07, 6.45) is 0.515. The van der Waals surface area contributed by atoms with Crippen molar-refractivity contribution in [2.75, 3.05) is 7.11 Å². The molecule has 0 saturated heterocycles. The van der Waals surface area contributed by atoms with Gasteiger partial charge in [-0.05, 0) is 34.9 Å². The molecule has 0 aliphatic rings. The third kappa shape index (κ3) is 2.99. The fourth-order valence-electron chi connectivity index (χ4n) is 2.07. The van der Waals surface area contributed by atoms with Crippen LogP contribution in [0.2, 0.25) is 0 Å². The van der Waals surface area contributed by atoms with Crippen LogP contribution in [0.5, 0.6) is 5.75 Å². The maximum atomic E-state index is 10.4. The second-order valence-corrected chi connectivity index (χ2v) is 5.68. The third-order valence-electron chi connectivity index (χ3n) is 3.56. The van der Waals surface area contributed by atoms with Crippen LogP contribution in [0.3, 0.4) is 0 Å². The Bertz CT molecular complexity index is 516. The van der Waals surface area contributed by atoms with E-state index in [9.17, 15) is 5.11 Å². The summed E-state index contributed by atoms with van der Waals surface area (Å²) in [6.45, 7) is 4.40.